The summed E-state index contributed by atoms with van der Waals surface area (Å²) < 4.78 is 14.0. The summed E-state index contributed by atoms with van der Waals surface area (Å²) >= 11 is 1.41. The predicted octanol–water partition coefficient (Wildman–Crippen LogP) is 4.09. The van der Waals surface area contributed by atoms with Crippen LogP contribution in [0.1, 0.15) is 45.9 Å². The van der Waals surface area contributed by atoms with Crippen molar-refractivity contribution in [2.24, 2.45) is 5.92 Å². The Bertz CT molecular complexity index is 1190. The minimum atomic E-state index is -0.447. The molecule has 37 heavy (non-hydrogen) atoms. The molecule has 0 fully saturated rings. The third-order valence-corrected chi connectivity index (χ3v) is 5.78. The first kappa shape index (κ1) is 29.9. The van der Waals surface area contributed by atoms with Crippen molar-refractivity contribution in [3.63, 3.8) is 0 Å². The van der Waals surface area contributed by atoms with E-state index in [0.717, 1.165) is 6.42 Å². The van der Waals surface area contributed by atoms with Crippen molar-refractivity contribution in [3.8, 4) is 0 Å². The van der Waals surface area contributed by atoms with Crippen LogP contribution in [0.15, 0.2) is 59.6 Å². The fourth-order valence-electron chi connectivity index (χ4n) is 3.55. The van der Waals surface area contributed by atoms with Gasteiger partial charge in [-0.25, -0.2) is 4.98 Å². The molecular formula is C27H36N4O5S. The molecule has 1 heterocycles. The summed E-state index contributed by atoms with van der Waals surface area (Å²) in [5.41, 5.74) is 0.767. The van der Waals surface area contributed by atoms with Crippen molar-refractivity contribution in [2.75, 3.05) is 19.6 Å². The van der Waals surface area contributed by atoms with E-state index < -0.39 is 5.97 Å². The Morgan fingerprint density at radius 2 is 2.00 bits per heavy atom. The SMILES string of the molecule is C=C/C=C(\C(=C/C)OCOC(=O)CCCNC(=O)C(CC(C)C)NSC)c1nc2ccccc2c(=O)[nH]1. The van der Waals surface area contributed by atoms with Crippen LogP contribution in [0.5, 0.6) is 0 Å². The van der Waals surface area contributed by atoms with Crippen LogP contribution in [0.3, 0.4) is 0 Å². The Hall–Kier alpha value is -3.37. The number of hydrogen-bond donors (Lipinski definition) is 3. The quantitative estimate of drug-likeness (QED) is 0.0789. The van der Waals surface area contributed by atoms with Gasteiger partial charge < -0.3 is 19.8 Å². The minimum Gasteiger partial charge on any atom is -0.457 e. The van der Waals surface area contributed by atoms with E-state index >= 15 is 0 Å². The van der Waals surface area contributed by atoms with Crippen LogP contribution >= 0.6 is 11.9 Å². The molecule has 0 aliphatic rings. The number of amides is 1. The van der Waals surface area contributed by atoms with Gasteiger partial charge in [-0.1, -0.05) is 50.6 Å². The lowest BCUT2D eigenvalue weighted by Crippen LogP contribution is -2.42. The molecule has 2 rings (SSSR count). The van der Waals surface area contributed by atoms with Crippen molar-refractivity contribution in [1.29, 1.82) is 0 Å². The first-order valence-corrected chi connectivity index (χ1v) is 13.4. The predicted molar refractivity (Wildman–Crippen MR) is 148 cm³/mol. The number of para-hydroxylation sites is 1. The molecule has 200 valence electrons. The number of fused-ring (bicyclic) bond motifs is 1. The lowest BCUT2D eigenvalue weighted by Gasteiger charge is -2.18. The van der Waals surface area contributed by atoms with E-state index in [1.165, 1.54) is 11.9 Å². The van der Waals surface area contributed by atoms with Gasteiger partial charge in [-0.15, -0.1) is 0 Å². The largest absolute Gasteiger partial charge is 0.457 e. The molecule has 1 amide bonds. The van der Waals surface area contributed by atoms with Crippen LogP contribution in [0.4, 0.5) is 0 Å². The second kappa shape index (κ2) is 15.7. The van der Waals surface area contributed by atoms with E-state index in [2.05, 4.69) is 40.4 Å². The molecule has 0 bridgehead atoms. The summed E-state index contributed by atoms with van der Waals surface area (Å²) in [6, 6.07) is 6.75. The van der Waals surface area contributed by atoms with Crippen molar-refractivity contribution >= 4 is 40.3 Å². The van der Waals surface area contributed by atoms with Gasteiger partial charge in [0.25, 0.3) is 5.56 Å². The Morgan fingerprint density at radius 3 is 2.68 bits per heavy atom. The van der Waals surface area contributed by atoms with Gasteiger partial charge in [-0.3, -0.25) is 19.1 Å². The van der Waals surface area contributed by atoms with Gasteiger partial charge in [-0.05, 0) is 56.2 Å². The Labute approximate surface area is 221 Å². The highest BCUT2D eigenvalue weighted by molar-refractivity contribution is 7.96. The third-order valence-electron chi connectivity index (χ3n) is 5.26. The van der Waals surface area contributed by atoms with Gasteiger partial charge in [0.1, 0.15) is 11.6 Å². The highest BCUT2D eigenvalue weighted by Crippen LogP contribution is 2.22. The summed E-state index contributed by atoms with van der Waals surface area (Å²) in [5.74, 6) is 0.532. The number of ether oxygens (including phenoxy) is 2. The first-order chi connectivity index (χ1) is 17.8. The number of carbonyl (C=O) groups excluding carboxylic acids is 2. The van der Waals surface area contributed by atoms with Crippen LogP contribution in [0, 0.1) is 5.92 Å². The molecule has 10 heteroatoms. The molecule has 0 spiro atoms. The Balaban J connectivity index is 1.87. The Morgan fingerprint density at radius 1 is 1.24 bits per heavy atom. The van der Waals surface area contributed by atoms with Gasteiger partial charge in [0.2, 0.25) is 12.7 Å². The Kier molecular flexibility index (Phi) is 12.7. The fourth-order valence-corrected chi connectivity index (χ4v) is 4.03. The molecule has 1 atom stereocenters. The zero-order valence-electron chi connectivity index (χ0n) is 21.8. The number of allylic oxidation sites excluding steroid dienone is 4. The molecule has 9 nitrogen and oxygen atoms in total. The summed E-state index contributed by atoms with van der Waals surface area (Å²) in [4.78, 5) is 44.3. The van der Waals surface area contributed by atoms with E-state index in [1.54, 1.807) is 49.4 Å². The molecule has 1 aromatic carbocycles. The van der Waals surface area contributed by atoms with Crippen LogP contribution in [-0.2, 0) is 19.1 Å². The molecule has 3 N–H and O–H groups in total. The fraction of sp³-hybridized carbons (Fsp3) is 0.407. The van der Waals surface area contributed by atoms with Gasteiger partial charge >= 0.3 is 5.97 Å². The standard InChI is InChI=1S/C27H36N4O5S/c1-6-11-20(25-29-21-13-9-8-12-19(21)26(33)30-25)23(7-2)35-17-36-24(32)14-10-15-28-27(34)22(31-37-5)16-18(3)4/h6-9,11-13,18,22,31H,1,10,14-17H2,2-5H3,(H,28,34)(H,29,30,33)/b20-11+,23-7+. The molecule has 0 saturated heterocycles. The number of carbonyl (C=O) groups is 2. The molecule has 0 aliphatic carbocycles. The number of hydrogen-bond acceptors (Lipinski definition) is 8. The number of esters is 1. The van der Waals surface area contributed by atoms with Gasteiger partial charge in [0.15, 0.2) is 0 Å². The number of rotatable bonds is 15. The second-order valence-electron chi connectivity index (χ2n) is 8.58. The summed E-state index contributed by atoms with van der Waals surface area (Å²) in [5, 5.41) is 3.34. The van der Waals surface area contributed by atoms with Gasteiger partial charge in [-0.2, -0.15) is 0 Å². The van der Waals surface area contributed by atoms with Crippen molar-refractivity contribution < 1.29 is 19.1 Å². The maximum Gasteiger partial charge on any atom is 0.308 e. The smallest absolute Gasteiger partial charge is 0.308 e. The highest BCUT2D eigenvalue weighted by Gasteiger charge is 2.19. The number of H-pyrrole nitrogens is 1. The van der Waals surface area contributed by atoms with Crippen LogP contribution in [-0.4, -0.2) is 47.5 Å². The van der Waals surface area contributed by atoms with Crippen LogP contribution in [0.2, 0.25) is 0 Å². The lowest BCUT2D eigenvalue weighted by atomic mass is 10.0. The van der Waals surface area contributed by atoms with E-state index in [0.29, 0.717) is 46.9 Å². The maximum absolute atomic E-state index is 12.5. The molecule has 1 aromatic heterocycles. The molecular weight excluding hydrogens is 492 g/mol. The first-order valence-electron chi connectivity index (χ1n) is 12.1. The zero-order chi connectivity index (χ0) is 27.2. The topological polar surface area (TPSA) is 122 Å². The van der Waals surface area contributed by atoms with E-state index in [9.17, 15) is 14.4 Å². The lowest BCUT2D eigenvalue weighted by molar-refractivity contribution is -0.153. The van der Waals surface area contributed by atoms with E-state index in [1.807, 2.05) is 6.26 Å². The van der Waals surface area contributed by atoms with E-state index in [-0.39, 0.29) is 30.7 Å². The van der Waals surface area contributed by atoms with Gasteiger partial charge in [0, 0.05) is 13.0 Å². The summed E-state index contributed by atoms with van der Waals surface area (Å²) in [6.45, 7) is 9.66. The number of aromatic nitrogens is 2. The highest BCUT2D eigenvalue weighted by atomic mass is 32.2. The zero-order valence-corrected chi connectivity index (χ0v) is 22.7. The van der Waals surface area contributed by atoms with Crippen molar-refractivity contribution in [1.82, 2.24) is 20.0 Å². The van der Waals surface area contributed by atoms with Gasteiger partial charge in [0.05, 0.1) is 22.5 Å². The summed E-state index contributed by atoms with van der Waals surface area (Å²) in [7, 11) is 0. The number of aromatic amines is 1. The van der Waals surface area contributed by atoms with E-state index in [4.69, 9.17) is 9.47 Å². The number of benzene rings is 1. The second-order valence-corrected chi connectivity index (χ2v) is 9.22. The average molecular weight is 529 g/mol. The van der Waals surface area contributed by atoms with Crippen LogP contribution in [0.25, 0.3) is 16.5 Å². The normalized spacial score (nSPS) is 12.9. The van der Waals surface area contributed by atoms with Crippen LogP contribution < -0.4 is 15.6 Å². The van der Waals surface area contributed by atoms with Crippen molar-refractivity contribution in [3.05, 3.63) is 71.0 Å². The average Bonchev–Trinajstić information content (AvgIpc) is 2.87. The molecule has 0 aliphatic heterocycles. The molecule has 0 saturated carbocycles. The number of nitrogens with one attached hydrogen (secondary N) is 3. The third kappa shape index (κ3) is 9.55. The molecule has 2 aromatic rings. The minimum absolute atomic E-state index is 0.0839. The monoisotopic (exact) mass is 528 g/mol. The van der Waals surface area contributed by atoms with Crippen molar-refractivity contribution in [2.45, 2.75) is 46.1 Å². The molecule has 1 unspecified atom stereocenters. The molecule has 0 radical (unpaired) electrons. The maximum atomic E-state index is 12.5. The summed E-state index contributed by atoms with van der Waals surface area (Å²) in [6.07, 6.45) is 8.08. The number of nitrogens with zero attached hydrogens (tertiary/aromatic N) is 1.